The van der Waals surface area contributed by atoms with Crippen molar-refractivity contribution in [3.05, 3.63) is 0 Å². The summed E-state index contributed by atoms with van der Waals surface area (Å²) in [5.74, 6) is -0.0146. The number of aldehydes is 1. The van der Waals surface area contributed by atoms with E-state index in [1.165, 1.54) is 70.6 Å². The molecule has 0 bridgehead atoms. The average molecular weight is 341 g/mol. The van der Waals surface area contributed by atoms with Crippen molar-refractivity contribution in [3.63, 3.8) is 0 Å². The van der Waals surface area contributed by atoms with Gasteiger partial charge in [0.1, 0.15) is 6.29 Å². The third-order valence-electron chi connectivity index (χ3n) is 4.46. The second kappa shape index (κ2) is 20.2. The third kappa shape index (κ3) is 19.2. The third-order valence-corrected chi connectivity index (χ3v) is 4.46. The molecule has 0 atom stereocenters. The Kier molecular flexibility index (Phi) is 19.5. The molecule has 0 aromatic rings. The molecule has 0 aliphatic carbocycles. The molecule has 0 fully saturated rings. The average Bonchev–Trinajstić information content (AvgIpc) is 2.59. The maximum absolute atomic E-state index is 11.5. The summed E-state index contributed by atoms with van der Waals surface area (Å²) in [6.07, 6.45) is 20.5. The van der Waals surface area contributed by atoms with Gasteiger partial charge in [0.2, 0.25) is 0 Å². The lowest BCUT2D eigenvalue weighted by Crippen LogP contribution is -2.05. The molecule has 0 N–H and O–H groups in total. The van der Waals surface area contributed by atoms with E-state index in [9.17, 15) is 9.59 Å². The predicted octanol–water partition coefficient (Wildman–Crippen LogP) is 6.38. The molecule has 0 rings (SSSR count). The van der Waals surface area contributed by atoms with Gasteiger partial charge in [-0.25, -0.2) is 0 Å². The summed E-state index contributed by atoms with van der Waals surface area (Å²) in [5.41, 5.74) is 0. The molecule has 0 unspecified atom stereocenters. The number of carbonyl (C=O) groups excluding carboxylic acids is 2. The highest BCUT2D eigenvalue weighted by Crippen LogP contribution is 2.12. The standard InChI is InChI=1S/C21H40O3/c1-2-3-4-15-18-21(23)24-20-17-14-12-10-8-6-5-7-9-11-13-16-19-22/h19H,2-18,20H2,1H3. The summed E-state index contributed by atoms with van der Waals surface area (Å²) in [6, 6.07) is 0. The van der Waals surface area contributed by atoms with E-state index in [4.69, 9.17) is 4.74 Å². The molecule has 3 nitrogen and oxygen atoms in total. The number of unbranched alkanes of at least 4 members (excludes halogenated alkanes) is 14. The Labute approximate surface area is 149 Å². The van der Waals surface area contributed by atoms with Crippen LogP contribution in [0.3, 0.4) is 0 Å². The maximum Gasteiger partial charge on any atom is 0.305 e. The van der Waals surface area contributed by atoms with Crippen LogP contribution in [0, 0.1) is 0 Å². The van der Waals surface area contributed by atoms with Crippen molar-refractivity contribution in [1.29, 1.82) is 0 Å². The fraction of sp³-hybridized carbons (Fsp3) is 0.905. The van der Waals surface area contributed by atoms with Gasteiger partial charge in [-0.2, -0.15) is 0 Å². The first-order valence-corrected chi connectivity index (χ1v) is 10.4. The zero-order valence-corrected chi connectivity index (χ0v) is 16.0. The van der Waals surface area contributed by atoms with Crippen molar-refractivity contribution in [2.45, 2.75) is 116 Å². The first-order valence-electron chi connectivity index (χ1n) is 10.4. The number of ether oxygens (including phenoxy) is 1. The van der Waals surface area contributed by atoms with Crippen molar-refractivity contribution in [1.82, 2.24) is 0 Å². The van der Waals surface area contributed by atoms with Gasteiger partial charge < -0.3 is 9.53 Å². The largest absolute Gasteiger partial charge is 0.466 e. The minimum Gasteiger partial charge on any atom is -0.466 e. The molecule has 0 saturated carbocycles. The van der Waals surface area contributed by atoms with Crippen LogP contribution in [0.4, 0.5) is 0 Å². The van der Waals surface area contributed by atoms with E-state index in [1.807, 2.05) is 0 Å². The highest BCUT2D eigenvalue weighted by atomic mass is 16.5. The van der Waals surface area contributed by atoms with E-state index in [1.54, 1.807) is 0 Å². The lowest BCUT2D eigenvalue weighted by atomic mass is 10.1. The van der Waals surface area contributed by atoms with Crippen LogP contribution in [-0.2, 0) is 14.3 Å². The first kappa shape index (κ1) is 23.1. The second-order valence-corrected chi connectivity index (χ2v) is 6.88. The molecule has 0 aliphatic heterocycles. The molecule has 0 aromatic heterocycles. The summed E-state index contributed by atoms with van der Waals surface area (Å²) < 4.78 is 5.26. The van der Waals surface area contributed by atoms with E-state index in [-0.39, 0.29) is 5.97 Å². The van der Waals surface area contributed by atoms with Gasteiger partial charge in [-0.05, 0) is 19.3 Å². The van der Waals surface area contributed by atoms with Gasteiger partial charge in [-0.15, -0.1) is 0 Å². The van der Waals surface area contributed by atoms with Crippen LogP contribution in [0.25, 0.3) is 0 Å². The molecule has 0 amide bonds. The van der Waals surface area contributed by atoms with Crippen LogP contribution >= 0.6 is 0 Å². The van der Waals surface area contributed by atoms with Gasteiger partial charge in [-0.1, -0.05) is 84.0 Å². The second-order valence-electron chi connectivity index (χ2n) is 6.88. The van der Waals surface area contributed by atoms with Crippen LogP contribution in [0.15, 0.2) is 0 Å². The fourth-order valence-corrected chi connectivity index (χ4v) is 2.88. The predicted molar refractivity (Wildman–Crippen MR) is 101 cm³/mol. The fourth-order valence-electron chi connectivity index (χ4n) is 2.88. The Morgan fingerprint density at radius 1 is 0.708 bits per heavy atom. The van der Waals surface area contributed by atoms with E-state index >= 15 is 0 Å². The Hall–Kier alpha value is -0.860. The molecule has 0 saturated heterocycles. The normalized spacial score (nSPS) is 10.7. The summed E-state index contributed by atoms with van der Waals surface area (Å²) in [5, 5.41) is 0. The van der Waals surface area contributed by atoms with Gasteiger partial charge >= 0.3 is 5.97 Å². The zero-order valence-electron chi connectivity index (χ0n) is 16.0. The number of esters is 1. The Bertz CT molecular complexity index is 276. The maximum atomic E-state index is 11.5. The minimum absolute atomic E-state index is 0.0146. The molecule has 0 heterocycles. The highest BCUT2D eigenvalue weighted by Gasteiger charge is 2.02. The van der Waals surface area contributed by atoms with Crippen LogP contribution in [0.5, 0.6) is 0 Å². The van der Waals surface area contributed by atoms with Crippen molar-refractivity contribution in [3.8, 4) is 0 Å². The topological polar surface area (TPSA) is 43.4 Å². The molecular formula is C21H40O3. The molecule has 3 heteroatoms. The molecular weight excluding hydrogens is 300 g/mol. The number of rotatable bonds is 19. The van der Waals surface area contributed by atoms with Crippen molar-refractivity contribution < 1.29 is 14.3 Å². The Morgan fingerprint density at radius 2 is 1.21 bits per heavy atom. The van der Waals surface area contributed by atoms with Gasteiger partial charge in [0, 0.05) is 12.8 Å². The van der Waals surface area contributed by atoms with Crippen LogP contribution < -0.4 is 0 Å². The first-order chi connectivity index (χ1) is 11.8. The molecule has 142 valence electrons. The van der Waals surface area contributed by atoms with E-state index in [0.717, 1.165) is 38.4 Å². The van der Waals surface area contributed by atoms with Gasteiger partial charge in [0.25, 0.3) is 0 Å². The summed E-state index contributed by atoms with van der Waals surface area (Å²) in [4.78, 5) is 21.7. The molecule has 0 radical (unpaired) electrons. The van der Waals surface area contributed by atoms with Crippen LogP contribution in [0.1, 0.15) is 116 Å². The van der Waals surface area contributed by atoms with Crippen molar-refractivity contribution in [2.24, 2.45) is 0 Å². The SMILES string of the molecule is CCCCCCC(=O)OCCCCCCCCCCCCCC=O. The van der Waals surface area contributed by atoms with Crippen molar-refractivity contribution >= 4 is 12.3 Å². The monoisotopic (exact) mass is 340 g/mol. The molecule has 0 aromatic carbocycles. The Morgan fingerprint density at radius 3 is 1.75 bits per heavy atom. The quantitative estimate of drug-likeness (QED) is 0.156. The lowest BCUT2D eigenvalue weighted by Gasteiger charge is -2.05. The van der Waals surface area contributed by atoms with Crippen LogP contribution in [0.2, 0.25) is 0 Å². The minimum atomic E-state index is -0.0146. The highest BCUT2D eigenvalue weighted by molar-refractivity contribution is 5.69. The van der Waals surface area contributed by atoms with E-state index in [0.29, 0.717) is 13.0 Å². The molecule has 0 aliphatic rings. The van der Waals surface area contributed by atoms with Gasteiger partial charge in [0.15, 0.2) is 0 Å². The summed E-state index contributed by atoms with van der Waals surface area (Å²) in [7, 11) is 0. The number of carbonyl (C=O) groups is 2. The lowest BCUT2D eigenvalue weighted by molar-refractivity contribution is -0.143. The number of hydrogen-bond donors (Lipinski definition) is 0. The van der Waals surface area contributed by atoms with E-state index in [2.05, 4.69) is 6.92 Å². The summed E-state index contributed by atoms with van der Waals surface area (Å²) >= 11 is 0. The van der Waals surface area contributed by atoms with Gasteiger partial charge in [-0.3, -0.25) is 4.79 Å². The molecule has 24 heavy (non-hydrogen) atoms. The zero-order chi connectivity index (χ0) is 17.7. The number of hydrogen-bond acceptors (Lipinski definition) is 3. The van der Waals surface area contributed by atoms with E-state index < -0.39 is 0 Å². The smallest absolute Gasteiger partial charge is 0.305 e. The Balaban J connectivity index is 3.09. The summed E-state index contributed by atoms with van der Waals surface area (Å²) in [6.45, 7) is 2.78. The van der Waals surface area contributed by atoms with Crippen molar-refractivity contribution in [2.75, 3.05) is 6.61 Å². The van der Waals surface area contributed by atoms with Crippen LogP contribution in [-0.4, -0.2) is 18.9 Å². The molecule has 0 spiro atoms. The van der Waals surface area contributed by atoms with Gasteiger partial charge in [0.05, 0.1) is 6.61 Å².